The number of hydrogen-bond acceptors (Lipinski definition) is 5. The molecule has 0 unspecified atom stereocenters. The van der Waals surface area contributed by atoms with Gasteiger partial charge in [-0.25, -0.2) is 4.68 Å². The Morgan fingerprint density at radius 2 is 1.90 bits per heavy atom. The molecule has 3 aromatic rings. The monoisotopic (exact) mass is 407 g/mol. The van der Waals surface area contributed by atoms with E-state index in [0.717, 1.165) is 52.5 Å². The third-order valence-corrected chi connectivity index (χ3v) is 5.92. The standard InChI is InChI=1S/C23H25N3O2S/c1-4-24-23-26(25-20-11-7-9-16-8-5-6-10-18(16)20)21(15-29-23)19-14-17(27-2)12-13-22(19)28-3/h5-6,8,10,12-15H,4,7,9,11H2,1-3H3. The minimum Gasteiger partial charge on any atom is -0.497 e. The predicted molar refractivity (Wildman–Crippen MR) is 118 cm³/mol. The summed E-state index contributed by atoms with van der Waals surface area (Å²) in [7, 11) is 3.35. The maximum atomic E-state index is 5.63. The van der Waals surface area contributed by atoms with Crippen molar-refractivity contribution in [3.05, 3.63) is 63.8 Å². The quantitative estimate of drug-likeness (QED) is 0.613. The van der Waals surface area contributed by atoms with Gasteiger partial charge in [-0.15, -0.1) is 11.3 Å². The Morgan fingerprint density at radius 3 is 2.69 bits per heavy atom. The van der Waals surface area contributed by atoms with Crippen LogP contribution in [0.4, 0.5) is 0 Å². The first-order chi connectivity index (χ1) is 14.2. The fourth-order valence-corrected chi connectivity index (χ4v) is 4.55. The number of thiazole rings is 1. The number of ether oxygens (including phenoxy) is 2. The van der Waals surface area contributed by atoms with Crippen molar-refractivity contribution >= 4 is 17.0 Å². The molecule has 4 rings (SSSR count). The highest BCUT2D eigenvalue weighted by molar-refractivity contribution is 7.07. The fourth-order valence-electron chi connectivity index (χ4n) is 3.66. The molecular weight excluding hydrogens is 382 g/mol. The summed E-state index contributed by atoms with van der Waals surface area (Å²) in [4.78, 5) is 5.55. The van der Waals surface area contributed by atoms with Gasteiger partial charge >= 0.3 is 0 Å². The summed E-state index contributed by atoms with van der Waals surface area (Å²) in [6.45, 7) is 2.75. The molecule has 0 N–H and O–H groups in total. The normalized spacial score (nSPS) is 15.4. The Balaban J connectivity index is 1.92. The van der Waals surface area contributed by atoms with Crippen molar-refractivity contribution in [2.24, 2.45) is 10.1 Å². The third kappa shape index (κ3) is 3.85. The molecule has 29 heavy (non-hydrogen) atoms. The van der Waals surface area contributed by atoms with Gasteiger partial charge in [0, 0.05) is 23.1 Å². The maximum absolute atomic E-state index is 5.63. The van der Waals surface area contributed by atoms with Gasteiger partial charge in [-0.3, -0.25) is 4.99 Å². The number of nitrogens with zero attached hydrogens (tertiary/aromatic N) is 3. The Labute approximate surface area is 175 Å². The maximum Gasteiger partial charge on any atom is 0.206 e. The molecule has 150 valence electrons. The second-order valence-corrected chi connectivity index (χ2v) is 7.65. The summed E-state index contributed by atoms with van der Waals surface area (Å²) < 4.78 is 13.0. The van der Waals surface area contributed by atoms with E-state index in [4.69, 9.17) is 14.6 Å². The number of hydrogen-bond donors (Lipinski definition) is 0. The Hall–Kier alpha value is -2.86. The lowest BCUT2D eigenvalue weighted by molar-refractivity contribution is 0.404. The van der Waals surface area contributed by atoms with Crippen LogP contribution in [-0.2, 0) is 6.42 Å². The minimum absolute atomic E-state index is 0.705. The Kier molecular flexibility index (Phi) is 5.81. The van der Waals surface area contributed by atoms with Gasteiger partial charge in [-0.2, -0.15) is 5.10 Å². The van der Waals surface area contributed by atoms with Crippen LogP contribution in [0.15, 0.2) is 57.9 Å². The molecule has 0 bridgehead atoms. The van der Waals surface area contributed by atoms with Crippen LogP contribution in [0.25, 0.3) is 11.3 Å². The first kappa shape index (κ1) is 19.5. The van der Waals surface area contributed by atoms with Crippen LogP contribution in [0.2, 0.25) is 0 Å². The predicted octanol–water partition coefficient (Wildman–Crippen LogP) is 4.74. The molecule has 5 nitrogen and oxygen atoms in total. The molecule has 0 saturated heterocycles. The Morgan fingerprint density at radius 1 is 1.03 bits per heavy atom. The van der Waals surface area contributed by atoms with E-state index in [9.17, 15) is 0 Å². The van der Waals surface area contributed by atoms with Crippen molar-refractivity contribution in [2.45, 2.75) is 26.2 Å². The number of fused-ring (bicyclic) bond motifs is 1. The van der Waals surface area contributed by atoms with Crippen molar-refractivity contribution in [3.8, 4) is 22.8 Å². The molecule has 1 aliphatic rings. The van der Waals surface area contributed by atoms with Gasteiger partial charge in [0.1, 0.15) is 11.5 Å². The molecule has 1 aliphatic carbocycles. The van der Waals surface area contributed by atoms with E-state index in [1.165, 1.54) is 11.1 Å². The smallest absolute Gasteiger partial charge is 0.206 e. The summed E-state index contributed by atoms with van der Waals surface area (Å²) in [6, 6.07) is 14.4. The summed E-state index contributed by atoms with van der Waals surface area (Å²) in [5, 5.41) is 7.19. The van der Waals surface area contributed by atoms with E-state index >= 15 is 0 Å². The second kappa shape index (κ2) is 8.66. The molecular formula is C23H25N3O2S. The first-order valence-corrected chi connectivity index (χ1v) is 10.7. The second-order valence-electron chi connectivity index (χ2n) is 6.81. The lowest BCUT2D eigenvalue weighted by atomic mass is 9.90. The molecule has 1 heterocycles. The minimum atomic E-state index is 0.705. The number of methoxy groups -OCH3 is 2. The molecule has 0 saturated carbocycles. The number of aryl methyl sites for hydroxylation is 1. The molecule has 0 fully saturated rings. The number of aromatic nitrogens is 1. The van der Waals surface area contributed by atoms with Crippen molar-refractivity contribution < 1.29 is 9.47 Å². The topological polar surface area (TPSA) is 48.1 Å². The molecule has 0 radical (unpaired) electrons. The third-order valence-electron chi connectivity index (χ3n) is 5.07. The van der Waals surface area contributed by atoms with E-state index in [2.05, 4.69) is 34.6 Å². The van der Waals surface area contributed by atoms with Crippen LogP contribution in [0, 0.1) is 0 Å². The van der Waals surface area contributed by atoms with Gasteiger partial charge in [0.2, 0.25) is 4.80 Å². The average Bonchev–Trinajstić information content (AvgIpc) is 3.16. The molecule has 0 aliphatic heterocycles. The van der Waals surface area contributed by atoms with Gasteiger partial charge in [-0.1, -0.05) is 24.3 Å². The summed E-state index contributed by atoms with van der Waals surface area (Å²) in [6.07, 6.45) is 3.17. The highest BCUT2D eigenvalue weighted by atomic mass is 32.1. The lowest BCUT2D eigenvalue weighted by Gasteiger charge is -2.18. The summed E-state index contributed by atoms with van der Waals surface area (Å²) in [5.74, 6) is 1.56. The van der Waals surface area contributed by atoms with Gasteiger partial charge in [0.05, 0.1) is 25.6 Å². The van der Waals surface area contributed by atoms with Crippen LogP contribution in [0.5, 0.6) is 11.5 Å². The van der Waals surface area contributed by atoms with Gasteiger partial charge in [-0.05, 0) is 49.9 Å². The molecule has 0 atom stereocenters. The van der Waals surface area contributed by atoms with Gasteiger partial charge in [0.15, 0.2) is 0 Å². The van der Waals surface area contributed by atoms with Crippen molar-refractivity contribution in [1.29, 1.82) is 0 Å². The number of benzene rings is 2. The van der Waals surface area contributed by atoms with Crippen molar-refractivity contribution in [3.63, 3.8) is 0 Å². The molecule has 0 spiro atoms. The van der Waals surface area contributed by atoms with E-state index in [0.29, 0.717) is 6.54 Å². The Bertz CT molecular complexity index is 1110. The van der Waals surface area contributed by atoms with Gasteiger partial charge < -0.3 is 9.47 Å². The van der Waals surface area contributed by atoms with Crippen LogP contribution in [0.3, 0.4) is 0 Å². The first-order valence-electron chi connectivity index (χ1n) is 9.84. The fraction of sp³-hybridized carbons (Fsp3) is 0.304. The molecule has 0 amide bonds. The zero-order valence-electron chi connectivity index (χ0n) is 17.0. The van der Waals surface area contributed by atoms with E-state index in [-0.39, 0.29) is 0 Å². The van der Waals surface area contributed by atoms with Crippen LogP contribution in [-0.4, -0.2) is 31.2 Å². The highest BCUT2D eigenvalue weighted by Crippen LogP contribution is 2.34. The lowest BCUT2D eigenvalue weighted by Crippen LogP contribution is -2.18. The average molecular weight is 408 g/mol. The summed E-state index contributed by atoms with van der Waals surface area (Å²) in [5.41, 5.74) is 5.60. The van der Waals surface area contributed by atoms with Crippen molar-refractivity contribution in [1.82, 2.24) is 4.68 Å². The molecule has 6 heteroatoms. The molecule has 1 aromatic heterocycles. The van der Waals surface area contributed by atoms with E-state index in [1.807, 2.05) is 29.8 Å². The van der Waals surface area contributed by atoms with E-state index in [1.54, 1.807) is 25.6 Å². The highest BCUT2D eigenvalue weighted by Gasteiger charge is 2.18. The van der Waals surface area contributed by atoms with Crippen LogP contribution < -0.4 is 14.3 Å². The number of rotatable bonds is 5. The SMILES string of the molecule is CCN=c1scc(-c2cc(OC)ccc2OC)n1N=C1CCCc2ccccc21. The largest absolute Gasteiger partial charge is 0.497 e. The van der Waals surface area contributed by atoms with Crippen molar-refractivity contribution in [2.75, 3.05) is 20.8 Å². The van der Waals surface area contributed by atoms with E-state index < -0.39 is 0 Å². The summed E-state index contributed by atoms with van der Waals surface area (Å²) >= 11 is 1.59. The zero-order valence-corrected chi connectivity index (χ0v) is 17.8. The zero-order chi connectivity index (χ0) is 20.2. The van der Waals surface area contributed by atoms with Crippen LogP contribution >= 0.6 is 11.3 Å². The van der Waals surface area contributed by atoms with Gasteiger partial charge in [0.25, 0.3) is 0 Å². The van der Waals surface area contributed by atoms with Crippen LogP contribution in [0.1, 0.15) is 30.9 Å². The molecule has 2 aromatic carbocycles.